The van der Waals surface area contributed by atoms with E-state index < -0.39 is 0 Å². The largest absolute Gasteiger partial charge is 0.322 e. The van der Waals surface area contributed by atoms with Crippen molar-refractivity contribution in [1.29, 1.82) is 0 Å². The summed E-state index contributed by atoms with van der Waals surface area (Å²) in [5, 5.41) is 0. The van der Waals surface area contributed by atoms with E-state index >= 15 is 0 Å². The Bertz CT molecular complexity index is 318. The molecule has 0 aliphatic rings. The number of benzene rings is 1. The van der Waals surface area contributed by atoms with Crippen molar-refractivity contribution in [3.05, 3.63) is 42.0 Å². The minimum Gasteiger partial charge on any atom is -0.322 e. The lowest BCUT2D eigenvalue weighted by Crippen LogP contribution is -2.29. The molecule has 2 N–H and O–H groups in total. The van der Waals surface area contributed by atoms with Crippen LogP contribution >= 0.6 is 0 Å². The Morgan fingerprint density at radius 2 is 1.85 bits per heavy atom. The SMILES string of the molecule is C=C(C)c1ccccc1C(C)(C)N. The van der Waals surface area contributed by atoms with Crippen LogP contribution in [0.5, 0.6) is 0 Å². The van der Waals surface area contributed by atoms with Gasteiger partial charge in [-0.15, -0.1) is 0 Å². The molecular formula is C12H17N. The molecule has 0 amide bonds. The van der Waals surface area contributed by atoms with Crippen molar-refractivity contribution in [1.82, 2.24) is 0 Å². The zero-order chi connectivity index (χ0) is 10.1. The summed E-state index contributed by atoms with van der Waals surface area (Å²) in [5.41, 5.74) is 9.14. The molecule has 0 aliphatic heterocycles. The van der Waals surface area contributed by atoms with E-state index in [1.165, 1.54) is 0 Å². The fourth-order valence-electron chi connectivity index (χ4n) is 1.42. The molecule has 0 aromatic heterocycles. The first-order chi connectivity index (χ1) is 5.93. The number of hydrogen-bond donors (Lipinski definition) is 1. The third-order valence-corrected chi connectivity index (χ3v) is 2.08. The van der Waals surface area contributed by atoms with Crippen LogP contribution in [-0.4, -0.2) is 0 Å². The van der Waals surface area contributed by atoms with E-state index in [-0.39, 0.29) is 5.54 Å². The third kappa shape index (κ3) is 2.19. The molecule has 0 heterocycles. The van der Waals surface area contributed by atoms with Gasteiger partial charge in [-0.1, -0.05) is 36.4 Å². The average molecular weight is 175 g/mol. The lowest BCUT2D eigenvalue weighted by atomic mass is 9.88. The number of allylic oxidation sites excluding steroid dienone is 1. The summed E-state index contributed by atoms with van der Waals surface area (Å²) in [6.07, 6.45) is 0. The summed E-state index contributed by atoms with van der Waals surface area (Å²) in [4.78, 5) is 0. The normalized spacial score (nSPS) is 11.4. The predicted molar refractivity (Wildman–Crippen MR) is 58.4 cm³/mol. The molecule has 0 saturated heterocycles. The molecule has 0 fully saturated rings. The first-order valence-corrected chi connectivity index (χ1v) is 4.47. The highest BCUT2D eigenvalue weighted by atomic mass is 14.7. The first kappa shape index (κ1) is 10.0. The van der Waals surface area contributed by atoms with Crippen molar-refractivity contribution in [2.45, 2.75) is 26.3 Å². The highest BCUT2D eigenvalue weighted by Crippen LogP contribution is 2.25. The summed E-state index contributed by atoms with van der Waals surface area (Å²) in [6.45, 7) is 9.97. The fraction of sp³-hybridized carbons (Fsp3) is 0.333. The number of hydrogen-bond acceptors (Lipinski definition) is 1. The molecule has 70 valence electrons. The van der Waals surface area contributed by atoms with Crippen LogP contribution in [0.1, 0.15) is 31.9 Å². The zero-order valence-corrected chi connectivity index (χ0v) is 8.59. The van der Waals surface area contributed by atoms with Crippen molar-refractivity contribution >= 4 is 5.57 Å². The van der Waals surface area contributed by atoms with E-state index in [4.69, 9.17) is 5.73 Å². The van der Waals surface area contributed by atoms with Crippen LogP contribution in [-0.2, 0) is 5.54 Å². The Kier molecular flexibility index (Phi) is 2.58. The van der Waals surface area contributed by atoms with Gasteiger partial charge in [-0.05, 0) is 31.9 Å². The Hall–Kier alpha value is -1.08. The van der Waals surface area contributed by atoms with E-state index in [2.05, 4.69) is 18.7 Å². The predicted octanol–water partition coefficient (Wildman–Crippen LogP) is 2.91. The molecule has 0 radical (unpaired) electrons. The molecule has 1 aromatic rings. The highest BCUT2D eigenvalue weighted by Gasteiger charge is 2.17. The van der Waals surface area contributed by atoms with Crippen molar-refractivity contribution < 1.29 is 0 Å². The summed E-state index contributed by atoms with van der Waals surface area (Å²) in [7, 11) is 0. The molecule has 13 heavy (non-hydrogen) atoms. The lowest BCUT2D eigenvalue weighted by molar-refractivity contribution is 0.553. The molecule has 1 rings (SSSR count). The van der Waals surface area contributed by atoms with Crippen molar-refractivity contribution in [3.8, 4) is 0 Å². The molecule has 0 spiro atoms. The second-order valence-corrected chi connectivity index (χ2v) is 4.05. The first-order valence-electron chi connectivity index (χ1n) is 4.47. The maximum Gasteiger partial charge on any atom is 0.0358 e. The van der Waals surface area contributed by atoms with Crippen LogP contribution < -0.4 is 5.73 Å². The summed E-state index contributed by atoms with van der Waals surface area (Å²) < 4.78 is 0. The summed E-state index contributed by atoms with van der Waals surface area (Å²) >= 11 is 0. The van der Waals surface area contributed by atoms with Crippen LogP contribution in [0, 0.1) is 0 Å². The van der Waals surface area contributed by atoms with E-state index in [0.717, 1.165) is 16.7 Å². The molecular weight excluding hydrogens is 158 g/mol. The average Bonchev–Trinajstić information content (AvgIpc) is 2.03. The Labute approximate surface area is 80.3 Å². The van der Waals surface area contributed by atoms with Crippen molar-refractivity contribution in [3.63, 3.8) is 0 Å². The molecule has 1 nitrogen and oxygen atoms in total. The van der Waals surface area contributed by atoms with Crippen molar-refractivity contribution in [2.24, 2.45) is 5.73 Å². The fourth-order valence-corrected chi connectivity index (χ4v) is 1.42. The van der Waals surface area contributed by atoms with E-state index in [1.54, 1.807) is 0 Å². The maximum absolute atomic E-state index is 6.05. The molecule has 0 bridgehead atoms. The summed E-state index contributed by atoms with van der Waals surface area (Å²) in [5.74, 6) is 0. The minimum absolute atomic E-state index is 0.296. The maximum atomic E-state index is 6.05. The van der Waals surface area contributed by atoms with Gasteiger partial charge in [-0.25, -0.2) is 0 Å². The van der Waals surface area contributed by atoms with Gasteiger partial charge in [0.2, 0.25) is 0 Å². The monoisotopic (exact) mass is 175 g/mol. The van der Waals surface area contributed by atoms with Crippen molar-refractivity contribution in [2.75, 3.05) is 0 Å². The van der Waals surface area contributed by atoms with Gasteiger partial charge in [0.05, 0.1) is 0 Å². The van der Waals surface area contributed by atoms with Gasteiger partial charge in [-0.2, -0.15) is 0 Å². The number of rotatable bonds is 2. The van der Waals surface area contributed by atoms with Gasteiger partial charge in [-0.3, -0.25) is 0 Å². The van der Waals surface area contributed by atoms with Gasteiger partial charge in [0.1, 0.15) is 0 Å². The van der Waals surface area contributed by atoms with Gasteiger partial charge >= 0.3 is 0 Å². The van der Waals surface area contributed by atoms with Crippen LogP contribution in [0.15, 0.2) is 30.8 Å². The van der Waals surface area contributed by atoms with Gasteiger partial charge in [0.15, 0.2) is 0 Å². The zero-order valence-electron chi connectivity index (χ0n) is 8.59. The second-order valence-electron chi connectivity index (χ2n) is 4.05. The molecule has 0 aliphatic carbocycles. The smallest absolute Gasteiger partial charge is 0.0358 e. The summed E-state index contributed by atoms with van der Waals surface area (Å²) in [6, 6.07) is 8.14. The lowest BCUT2D eigenvalue weighted by Gasteiger charge is -2.22. The van der Waals surface area contributed by atoms with Gasteiger partial charge < -0.3 is 5.73 Å². The van der Waals surface area contributed by atoms with Crippen LogP contribution in [0.25, 0.3) is 5.57 Å². The third-order valence-electron chi connectivity index (χ3n) is 2.08. The Morgan fingerprint density at radius 3 is 2.23 bits per heavy atom. The molecule has 0 atom stereocenters. The topological polar surface area (TPSA) is 26.0 Å². The van der Waals surface area contributed by atoms with Gasteiger partial charge in [0, 0.05) is 5.54 Å². The molecule has 0 unspecified atom stereocenters. The second kappa shape index (κ2) is 3.35. The van der Waals surface area contributed by atoms with E-state index in [1.807, 2.05) is 32.9 Å². The molecule has 1 aromatic carbocycles. The Balaban J connectivity index is 3.28. The number of nitrogens with two attached hydrogens (primary N) is 1. The molecule has 0 saturated carbocycles. The van der Waals surface area contributed by atoms with Gasteiger partial charge in [0.25, 0.3) is 0 Å². The quantitative estimate of drug-likeness (QED) is 0.734. The van der Waals surface area contributed by atoms with Crippen LogP contribution in [0.2, 0.25) is 0 Å². The highest BCUT2D eigenvalue weighted by molar-refractivity contribution is 5.65. The van der Waals surface area contributed by atoms with E-state index in [0.29, 0.717) is 0 Å². The standard InChI is InChI=1S/C12H17N/c1-9(2)10-7-5-6-8-11(10)12(3,4)13/h5-8H,1,13H2,2-4H3. The minimum atomic E-state index is -0.296. The van der Waals surface area contributed by atoms with Crippen LogP contribution in [0.3, 0.4) is 0 Å². The molecule has 1 heteroatoms. The van der Waals surface area contributed by atoms with Crippen LogP contribution in [0.4, 0.5) is 0 Å². The van der Waals surface area contributed by atoms with E-state index in [9.17, 15) is 0 Å². The Morgan fingerprint density at radius 1 is 1.31 bits per heavy atom.